The van der Waals surface area contributed by atoms with Crippen LogP contribution < -0.4 is 5.32 Å². The topological polar surface area (TPSA) is 152 Å². The van der Waals surface area contributed by atoms with Gasteiger partial charge in [0.05, 0.1) is 9.85 Å². The number of hydrogen-bond acceptors (Lipinski definition) is 7. The maximum absolute atomic E-state index is 12.5. The predicted octanol–water partition coefficient (Wildman–Crippen LogP) is 4.93. The number of aryl methyl sites for hydroxylation is 2. The van der Waals surface area contributed by atoms with Gasteiger partial charge in [-0.15, -0.1) is 0 Å². The minimum atomic E-state index is -0.700. The summed E-state index contributed by atoms with van der Waals surface area (Å²) in [6.07, 6.45) is 1.26. The molecule has 0 aliphatic rings. The lowest BCUT2D eigenvalue weighted by atomic mass is 10.1. The van der Waals surface area contributed by atoms with Crippen molar-refractivity contribution in [3.63, 3.8) is 0 Å². The number of hydrogen-bond donors (Lipinski definition) is 1. The zero-order chi connectivity index (χ0) is 23.4. The van der Waals surface area contributed by atoms with Crippen LogP contribution in [-0.4, -0.2) is 15.8 Å². The normalized spacial score (nSPS) is 11.0. The molecular formula is C22H16N4O6. The fraction of sp³-hybridized carbons (Fsp3) is 0.0909. The van der Waals surface area contributed by atoms with Gasteiger partial charge in [-0.25, -0.2) is 0 Å². The first-order valence-corrected chi connectivity index (χ1v) is 9.23. The summed E-state index contributed by atoms with van der Waals surface area (Å²) in [6, 6.07) is 13.3. The van der Waals surface area contributed by atoms with Crippen molar-refractivity contribution >= 4 is 29.0 Å². The van der Waals surface area contributed by atoms with E-state index in [1.165, 1.54) is 36.4 Å². The van der Waals surface area contributed by atoms with Gasteiger partial charge in [-0.2, -0.15) is 5.26 Å². The first-order valence-electron chi connectivity index (χ1n) is 9.23. The first kappa shape index (κ1) is 21.9. The van der Waals surface area contributed by atoms with Gasteiger partial charge in [0.25, 0.3) is 17.3 Å². The Kier molecular flexibility index (Phi) is 6.11. The molecule has 1 aromatic heterocycles. The molecule has 3 aromatic rings. The number of benzene rings is 2. The second kappa shape index (κ2) is 8.93. The third-order valence-electron chi connectivity index (χ3n) is 4.63. The molecule has 0 unspecified atom stereocenters. The molecule has 0 fully saturated rings. The molecular weight excluding hydrogens is 416 g/mol. The lowest BCUT2D eigenvalue weighted by Gasteiger charge is -2.07. The highest BCUT2D eigenvalue weighted by Gasteiger charge is 2.16. The van der Waals surface area contributed by atoms with E-state index < -0.39 is 15.8 Å². The average Bonchev–Trinajstić information content (AvgIpc) is 3.21. The van der Waals surface area contributed by atoms with Gasteiger partial charge in [-0.1, -0.05) is 0 Å². The SMILES string of the molecule is Cc1cc([N+](=O)[O-])ccc1NC(=O)C(C#N)=Cc1ccc(-c2ccc([N+](=O)[O-])cc2C)o1. The van der Waals surface area contributed by atoms with E-state index in [9.17, 15) is 30.3 Å². The smallest absolute Gasteiger partial charge is 0.269 e. The van der Waals surface area contributed by atoms with E-state index in [1.807, 2.05) is 0 Å². The van der Waals surface area contributed by atoms with Crippen molar-refractivity contribution in [1.82, 2.24) is 0 Å². The van der Waals surface area contributed by atoms with Crippen LogP contribution in [0.3, 0.4) is 0 Å². The quantitative estimate of drug-likeness (QED) is 0.251. The number of non-ortho nitro benzene ring substituents is 2. The molecule has 1 amide bonds. The monoisotopic (exact) mass is 432 g/mol. The van der Waals surface area contributed by atoms with Gasteiger partial charge in [-0.05, 0) is 49.2 Å². The van der Waals surface area contributed by atoms with E-state index in [0.29, 0.717) is 28.1 Å². The van der Waals surface area contributed by atoms with Gasteiger partial charge in [0.2, 0.25) is 0 Å². The van der Waals surface area contributed by atoms with Gasteiger partial charge < -0.3 is 9.73 Å². The van der Waals surface area contributed by atoms with E-state index >= 15 is 0 Å². The number of nitro groups is 2. The zero-order valence-electron chi connectivity index (χ0n) is 17.0. The van der Waals surface area contributed by atoms with Crippen molar-refractivity contribution in [2.45, 2.75) is 13.8 Å². The van der Waals surface area contributed by atoms with E-state index in [0.717, 1.165) is 0 Å². The van der Waals surface area contributed by atoms with Gasteiger partial charge in [0.15, 0.2) is 0 Å². The number of nitro benzene ring substituents is 2. The molecule has 0 aliphatic heterocycles. The van der Waals surface area contributed by atoms with Crippen molar-refractivity contribution in [3.8, 4) is 17.4 Å². The number of furan rings is 1. The predicted molar refractivity (Wildman–Crippen MR) is 116 cm³/mol. The molecule has 32 heavy (non-hydrogen) atoms. The molecule has 0 saturated heterocycles. The van der Waals surface area contributed by atoms with Crippen LogP contribution in [0.5, 0.6) is 0 Å². The number of nitriles is 1. The van der Waals surface area contributed by atoms with Crippen LogP contribution >= 0.6 is 0 Å². The summed E-state index contributed by atoms with van der Waals surface area (Å²) in [7, 11) is 0. The Hall–Kier alpha value is -4.78. The zero-order valence-corrected chi connectivity index (χ0v) is 17.0. The Labute approximate surface area is 181 Å². The second-order valence-corrected chi connectivity index (χ2v) is 6.84. The summed E-state index contributed by atoms with van der Waals surface area (Å²) >= 11 is 0. The Morgan fingerprint density at radius 1 is 1.00 bits per heavy atom. The van der Waals surface area contributed by atoms with Gasteiger partial charge in [-0.3, -0.25) is 25.0 Å². The minimum absolute atomic E-state index is 0.0390. The Bertz CT molecular complexity index is 1320. The molecule has 0 aliphatic carbocycles. The first-order chi connectivity index (χ1) is 15.2. The van der Waals surface area contributed by atoms with Crippen LogP contribution in [0.15, 0.2) is 58.5 Å². The van der Waals surface area contributed by atoms with Crippen molar-refractivity contribution in [2.75, 3.05) is 5.32 Å². The highest BCUT2D eigenvalue weighted by molar-refractivity contribution is 6.09. The fourth-order valence-corrected chi connectivity index (χ4v) is 3.00. The van der Waals surface area contributed by atoms with E-state index in [-0.39, 0.29) is 22.7 Å². The van der Waals surface area contributed by atoms with Crippen LogP contribution in [0.4, 0.5) is 17.1 Å². The Balaban J connectivity index is 1.82. The van der Waals surface area contributed by atoms with E-state index in [2.05, 4.69) is 5.32 Å². The molecule has 10 heteroatoms. The number of nitrogens with one attached hydrogen (secondary N) is 1. The fourth-order valence-electron chi connectivity index (χ4n) is 3.00. The second-order valence-electron chi connectivity index (χ2n) is 6.84. The number of nitrogens with zero attached hydrogens (tertiary/aromatic N) is 3. The Morgan fingerprint density at radius 2 is 1.62 bits per heavy atom. The van der Waals surface area contributed by atoms with Crippen molar-refractivity contribution < 1.29 is 19.1 Å². The standard InChI is InChI=1S/C22H16N4O6/c1-13-9-16(25(28)29)3-6-19(13)21-8-5-18(32-21)11-15(12-23)22(27)24-20-7-4-17(26(30)31)10-14(20)2/h3-11H,1-2H3,(H,24,27). The molecule has 0 spiro atoms. The highest BCUT2D eigenvalue weighted by Crippen LogP contribution is 2.29. The van der Waals surface area contributed by atoms with Crippen molar-refractivity contribution in [2.24, 2.45) is 0 Å². The molecule has 1 heterocycles. The maximum atomic E-state index is 12.5. The molecule has 0 bridgehead atoms. The summed E-state index contributed by atoms with van der Waals surface area (Å²) in [6.45, 7) is 3.31. The average molecular weight is 432 g/mol. The molecule has 10 nitrogen and oxygen atoms in total. The molecule has 0 saturated carbocycles. The van der Waals surface area contributed by atoms with Crippen LogP contribution in [0.2, 0.25) is 0 Å². The Morgan fingerprint density at radius 3 is 2.19 bits per heavy atom. The van der Waals surface area contributed by atoms with Crippen molar-refractivity contribution in [1.29, 1.82) is 5.26 Å². The number of amides is 1. The number of carbonyl (C=O) groups is 1. The summed E-state index contributed by atoms with van der Waals surface area (Å²) in [4.78, 5) is 33.2. The van der Waals surface area contributed by atoms with Crippen LogP contribution in [0.1, 0.15) is 16.9 Å². The maximum Gasteiger partial charge on any atom is 0.269 e. The third kappa shape index (κ3) is 4.68. The molecule has 160 valence electrons. The van der Waals surface area contributed by atoms with E-state index in [1.54, 1.807) is 38.1 Å². The molecule has 0 radical (unpaired) electrons. The number of carbonyl (C=O) groups excluding carboxylic acids is 1. The molecule has 2 aromatic carbocycles. The third-order valence-corrected chi connectivity index (χ3v) is 4.63. The molecule has 3 rings (SSSR count). The van der Waals surface area contributed by atoms with Gasteiger partial charge >= 0.3 is 0 Å². The van der Waals surface area contributed by atoms with Crippen LogP contribution in [0.25, 0.3) is 17.4 Å². The minimum Gasteiger partial charge on any atom is -0.457 e. The van der Waals surface area contributed by atoms with Gasteiger partial charge in [0.1, 0.15) is 23.2 Å². The molecule has 1 N–H and O–H groups in total. The van der Waals surface area contributed by atoms with Crippen molar-refractivity contribution in [3.05, 3.63) is 91.2 Å². The van der Waals surface area contributed by atoms with E-state index in [4.69, 9.17) is 4.42 Å². The lowest BCUT2D eigenvalue weighted by molar-refractivity contribution is -0.385. The summed E-state index contributed by atoms with van der Waals surface area (Å²) in [5.74, 6) is -0.0358. The number of rotatable bonds is 6. The van der Waals surface area contributed by atoms with Gasteiger partial charge in [0, 0.05) is 41.6 Å². The highest BCUT2D eigenvalue weighted by atomic mass is 16.6. The van der Waals surface area contributed by atoms with Crippen LogP contribution in [-0.2, 0) is 4.79 Å². The largest absolute Gasteiger partial charge is 0.457 e. The summed E-state index contributed by atoms with van der Waals surface area (Å²) in [5, 5.41) is 33.7. The summed E-state index contributed by atoms with van der Waals surface area (Å²) in [5.41, 5.74) is 1.70. The van der Waals surface area contributed by atoms with Crippen LogP contribution in [0, 0.1) is 45.4 Å². The molecule has 0 atom stereocenters. The number of anilines is 1. The lowest BCUT2D eigenvalue weighted by Crippen LogP contribution is -2.14. The summed E-state index contributed by atoms with van der Waals surface area (Å²) < 4.78 is 5.70.